The molecule has 0 saturated carbocycles. The summed E-state index contributed by atoms with van der Waals surface area (Å²) in [6.45, 7) is -0.171. The minimum atomic E-state index is -3.99. The van der Waals surface area contributed by atoms with Gasteiger partial charge in [-0.15, -0.1) is 0 Å². The fraction of sp³-hybridized carbons (Fsp3) is 0.300. The Balaban J connectivity index is 1.68. The van der Waals surface area contributed by atoms with E-state index in [2.05, 4.69) is 5.32 Å². The molecule has 0 radical (unpaired) electrons. The second kappa shape index (κ2) is 8.88. The molecule has 0 aromatic heterocycles. The summed E-state index contributed by atoms with van der Waals surface area (Å²) in [4.78, 5) is 26.1. The smallest absolute Gasteiger partial charge is 0.243 e. The summed E-state index contributed by atoms with van der Waals surface area (Å²) in [6.07, 6.45) is 0.801. The van der Waals surface area contributed by atoms with E-state index in [-0.39, 0.29) is 23.7 Å². The van der Waals surface area contributed by atoms with E-state index in [0.717, 1.165) is 39.5 Å². The van der Waals surface area contributed by atoms with Gasteiger partial charge in [-0.2, -0.15) is 4.31 Å². The van der Waals surface area contributed by atoms with Gasteiger partial charge in [0, 0.05) is 19.3 Å². The molecule has 1 aliphatic heterocycles. The number of carbonyl (C=O) groups excluding carboxylic acids is 2. The average Bonchev–Trinajstić information content (AvgIpc) is 3.18. The SMILES string of the molecule is CN(CC(=O)Nc1cccc(F)c1)C(=O)C1CCCN1S(=O)(=O)c1ccc(F)cc1. The molecule has 1 fully saturated rings. The first kappa shape index (κ1) is 21.8. The number of rotatable bonds is 6. The summed E-state index contributed by atoms with van der Waals surface area (Å²) in [7, 11) is -2.59. The molecule has 2 aromatic carbocycles. The lowest BCUT2D eigenvalue weighted by Crippen LogP contribution is -2.48. The maximum Gasteiger partial charge on any atom is 0.243 e. The molecule has 1 N–H and O–H groups in total. The van der Waals surface area contributed by atoms with E-state index < -0.39 is 39.5 Å². The summed E-state index contributed by atoms with van der Waals surface area (Å²) in [5.74, 6) is -2.13. The molecule has 0 bridgehead atoms. The van der Waals surface area contributed by atoms with Crippen LogP contribution in [0.1, 0.15) is 12.8 Å². The van der Waals surface area contributed by atoms with Crippen molar-refractivity contribution in [1.29, 1.82) is 0 Å². The van der Waals surface area contributed by atoms with Crippen LogP contribution in [0.5, 0.6) is 0 Å². The first-order valence-corrected chi connectivity index (χ1v) is 10.7. The number of hydrogen-bond acceptors (Lipinski definition) is 4. The third-order valence-electron chi connectivity index (χ3n) is 4.77. The van der Waals surface area contributed by atoms with Crippen molar-refractivity contribution >= 4 is 27.5 Å². The Kier molecular flexibility index (Phi) is 6.47. The lowest BCUT2D eigenvalue weighted by Gasteiger charge is -2.27. The van der Waals surface area contributed by atoms with Crippen molar-refractivity contribution in [3.63, 3.8) is 0 Å². The molecular formula is C20H21F2N3O4S. The van der Waals surface area contributed by atoms with Crippen LogP contribution in [0, 0.1) is 11.6 Å². The third kappa shape index (κ3) is 4.82. The van der Waals surface area contributed by atoms with Gasteiger partial charge in [0.25, 0.3) is 0 Å². The quantitative estimate of drug-likeness (QED) is 0.751. The fourth-order valence-corrected chi connectivity index (χ4v) is 4.98. The van der Waals surface area contributed by atoms with E-state index in [1.807, 2.05) is 0 Å². The van der Waals surface area contributed by atoms with Gasteiger partial charge in [-0.05, 0) is 55.3 Å². The molecule has 2 aromatic rings. The number of amides is 2. The normalized spacial score (nSPS) is 17.0. The van der Waals surface area contributed by atoms with Crippen LogP contribution in [-0.2, 0) is 19.6 Å². The molecule has 10 heteroatoms. The fourth-order valence-electron chi connectivity index (χ4n) is 3.33. The van der Waals surface area contributed by atoms with Crippen molar-refractivity contribution < 1.29 is 26.8 Å². The average molecular weight is 437 g/mol. The predicted molar refractivity (Wildman–Crippen MR) is 106 cm³/mol. The zero-order chi connectivity index (χ0) is 21.9. The van der Waals surface area contributed by atoms with Gasteiger partial charge in [-0.3, -0.25) is 9.59 Å². The second-order valence-electron chi connectivity index (χ2n) is 6.98. The molecule has 2 amide bonds. The number of anilines is 1. The molecule has 1 saturated heterocycles. The molecule has 1 heterocycles. The highest BCUT2D eigenvalue weighted by molar-refractivity contribution is 7.89. The number of sulfonamides is 1. The highest BCUT2D eigenvalue weighted by Gasteiger charge is 2.40. The molecule has 3 rings (SSSR count). The Labute approximate surface area is 173 Å². The van der Waals surface area contributed by atoms with Gasteiger partial charge in [-0.1, -0.05) is 6.07 Å². The monoisotopic (exact) mass is 437 g/mol. The zero-order valence-corrected chi connectivity index (χ0v) is 17.0. The molecule has 0 aliphatic carbocycles. The third-order valence-corrected chi connectivity index (χ3v) is 6.70. The number of halogens is 2. The van der Waals surface area contributed by atoms with Crippen LogP contribution >= 0.6 is 0 Å². The maximum absolute atomic E-state index is 13.2. The number of likely N-dealkylation sites (N-methyl/N-ethyl adjacent to an activating group) is 1. The van der Waals surface area contributed by atoms with Crippen LogP contribution < -0.4 is 5.32 Å². The Morgan fingerprint density at radius 1 is 1.13 bits per heavy atom. The topological polar surface area (TPSA) is 86.8 Å². The first-order valence-electron chi connectivity index (χ1n) is 9.26. The largest absolute Gasteiger partial charge is 0.335 e. The van der Waals surface area contributed by atoms with Gasteiger partial charge in [0.15, 0.2) is 0 Å². The zero-order valence-electron chi connectivity index (χ0n) is 16.2. The lowest BCUT2D eigenvalue weighted by molar-refractivity contribution is -0.136. The van der Waals surface area contributed by atoms with Crippen molar-refractivity contribution in [3.05, 3.63) is 60.2 Å². The summed E-state index contributed by atoms with van der Waals surface area (Å²) in [5.41, 5.74) is 0.252. The Morgan fingerprint density at radius 2 is 1.83 bits per heavy atom. The van der Waals surface area contributed by atoms with E-state index in [9.17, 15) is 26.8 Å². The van der Waals surface area contributed by atoms with Crippen LogP contribution in [0.2, 0.25) is 0 Å². The van der Waals surface area contributed by atoms with Crippen molar-refractivity contribution in [2.75, 3.05) is 25.5 Å². The molecule has 7 nitrogen and oxygen atoms in total. The standard InChI is InChI=1S/C20H21F2N3O4S/c1-24(13-19(26)23-16-5-2-4-15(22)12-16)20(27)18-6-3-11-25(18)30(28,29)17-9-7-14(21)8-10-17/h2,4-5,7-10,12,18H,3,6,11,13H2,1H3,(H,23,26). The van der Waals surface area contributed by atoms with E-state index >= 15 is 0 Å². The number of nitrogens with one attached hydrogen (secondary N) is 1. The molecule has 0 spiro atoms. The van der Waals surface area contributed by atoms with E-state index in [1.165, 1.54) is 25.2 Å². The number of nitrogens with zero attached hydrogens (tertiary/aromatic N) is 2. The Morgan fingerprint density at radius 3 is 2.50 bits per heavy atom. The van der Waals surface area contributed by atoms with Crippen molar-refractivity contribution in [2.24, 2.45) is 0 Å². The molecule has 1 unspecified atom stereocenters. The van der Waals surface area contributed by atoms with Crippen molar-refractivity contribution in [1.82, 2.24) is 9.21 Å². The molecule has 1 atom stereocenters. The van der Waals surface area contributed by atoms with Crippen molar-refractivity contribution in [3.8, 4) is 0 Å². The summed E-state index contributed by atoms with van der Waals surface area (Å²) < 4.78 is 53.2. The predicted octanol–water partition coefficient (Wildman–Crippen LogP) is 2.21. The highest BCUT2D eigenvalue weighted by atomic mass is 32.2. The second-order valence-corrected chi connectivity index (χ2v) is 8.87. The first-order chi connectivity index (χ1) is 14.2. The van der Waals surface area contributed by atoms with Crippen molar-refractivity contribution in [2.45, 2.75) is 23.8 Å². The van der Waals surface area contributed by atoms with Gasteiger partial charge in [0.1, 0.15) is 17.7 Å². The molecular weight excluding hydrogens is 416 g/mol. The summed E-state index contributed by atoms with van der Waals surface area (Å²) in [5, 5.41) is 2.49. The van der Waals surface area contributed by atoms with Gasteiger partial charge < -0.3 is 10.2 Å². The minimum absolute atomic E-state index is 0.102. The molecule has 160 valence electrons. The molecule has 1 aliphatic rings. The van der Waals surface area contributed by atoms with Gasteiger partial charge in [-0.25, -0.2) is 17.2 Å². The van der Waals surface area contributed by atoms with Gasteiger partial charge in [0.2, 0.25) is 21.8 Å². The van der Waals surface area contributed by atoms with Gasteiger partial charge >= 0.3 is 0 Å². The Bertz CT molecular complexity index is 1040. The highest BCUT2D eigenvalue weighted by Crippen LogP contribution is 2.27. The number of hydrogen-bond donors (Lipinski definition) is 1. The van der Waals surface area contributed by atoms with E-state index in [0.29, 0.717) is 12.8 Å². The maximum atomic E-state index is 13.2. The van der Waals surface area contributed by atoms with Crippen LogP contribution in [0.25, 0.3) is 0 Å². The molecule has 30 heavy (non-hydrogen) atoms. The van der Waals surface area contributed by atoms with Crippen LogP contribution in [0.3, 0.4) is 0 Å². The van der Waals surface area contributed by atoms with E-state index in [4.69, 9.17) is 0 Å². The minimum Gasteiger partial charge on any atom is -0.335 e. The van der Waals surface area contributed by atoms with E-state index in [1.54, 1.807) is 0 Å². The summed E-state index contributed by atoms with van der Waals surface area (Å²) in [6, 6.07) is 8.78. The lowest BCUT2D eigenvalue weighted by atomic mass is 10.2. The Hall–Kier alpha value is -2.85. The number of carbonyl (C=O) groups is 2. The van der Waals surface area contributed by atoms with Crippen LogP contribution in [0.15, 0.2) is 53.4 Å². The number of benzene rings is 2. The van der Waals surface area contributed by atoms with Crippen LogP contribution in [0.4, 0.5) is 14.5 Å². The van der Waals surface area contributed by atoms with Gasteiger partial charge in [0.05, 0.1) is 11.4 Å². The van der Waals surface area contributed by atoms with Crippen LogP contribution in [-0.4, -0.2) is 55.6 Å². The summed E-state index contributed by atoms with van der Waals surface area (Å²) >= 11 is 0.